The zero-order chi connectivity index (χ0) is 10.9. The fraction of sp³-hybridized carbons (Fsp3) is 0.214. The Bertz CT molecular complexity index is 607. The Labute approximate surface area is 96.3 Å². The van der Waals surface area contributed by atoms with E-state index in [9.17, 15) is 0 Å². The molecule has 0 spiro atoms. The first kappa shape index (κ1) is 8.71. The van der Waals surface area contributed by atoms with Crippen molar-refractivity contribution in [2.75, 3.05) is 0 Å². The van der Waals surface area contributed by atoms with Gasteiger partial charge in [-0.1, -0.05) is 37.4 Å². The van der Waals surface area contributed by atoms with E-state index in [0.717, 1.165) is 6.42 Å². The number of rotatable bonds is 1. The van der Waals surface area contributed by atoms with Crippen molar-refractivity contribution in [1.29, 1.82) is 0 Å². The Balaban J connectivity index is 1.90. The van der Waals surface area contributed by atoms with E-state index in [-0.39, 0.29) is 0 Å². The summed E-state index contributed by atoms with van der Waals surface area (Å²) in [5, 5.41) is 3.22. The molecule has 0 saturated carbocycles. The van der Waals surface area contributed by atoms with Crippen molar-refractivity contribution in [3.63, 3.8) is 0 Å². The average Bonchev–Trinajstić information content (AvgIpc) is 2.89. The Morgan fingerprint density at radius 2 is 2.06 bits per heavy atom. The maximum Gasteiger partial charge on any atom is 0.116 e. The number of hydrogen-bond donors (Lipinski definition) is 0. The zero-order valence-electron chi connectivity index (χ0n) is 9.54. The highest BCUT2D eigenvalue weighted by Crippen LogP contribution is 2.54. The van der Waals surface area contributed by atoms with Gasteiger partial charge in [-0.2, -0.15) is 0 Å². The molecule has 0 atom stereocenters. The first-order valence-corrected chi connectivity index (χ1v) is 8.83. The van der Waals surface area contributed by atoms with Gasteiger partial charge in [0.15, 0.2) is 0 Å². The minimum atomic E-state index is -1.31. The van der Waals surface area contributed by atoms with Gasteiger partial charge in [-0.25, -0.2) is 4.99 Å². The van der Waals surface area contributed by atoms with Crippen molar-refractivity contribution in [3.8, 4) is 0 Å². The van der Waals surface area contributed by atoms with Crippen molar-refractivity contribution in [2.45, 2.75) is 19.5 Å². The fourth-order valence-corrected chi connectivity index (χ4v) is 6.33. The highest BCUT2D eigenvalue weighted by Gasteiger charge is 2.51. The first-order valence-electron chi connectivity index (χ1n) is 5.83. The van der Waals surface area contributed by atoms with Crippen LogP contribution in [0.2, 0.25) is 13.1 Å². The molecule has 0 aromatic heterocycles. The summed E-state index contributed by atoms with van der Waals surface area (Å²) in [4.78, 5) is 4.83. The normalized spacial score (nSPS) is 27.4. The second-order valence-corrected chi connectivity index (χ2v) is 9.58. The lowest BCUT2D eigenvalue weighted by Gasteiger charge is -2.38. The number of nitrogens with zero attached hydrogens (tertiary/aromatic N) is 1. The minimum Gasteiger partial charge on any atom is -0.248 e. The van der Waals surface area contributed by atoms with Gasteiger partial charge in [0.1, 0.15) is 8.07 Å². The molecule has 2 aliphatic heterocycles. The van der Waals surface area contributed by atoms with E-state index in [1.165, 1.54) is 22.6 Å². The standard InChI is InChI=1S/C14H13NSi/c1-16(2)11-8-7-10-12(11)14(16)13(15-10)9-5-3-4-6-9/h3-5,7-8H,6H2,1-2H3. The van der Waals surface area contributed by atoms with Crippen LogP contribution < -0.4 is 0 Å². The Morgan fingerprint density at radius 3 is 2.81 bits per heavy atom. The van der Waals surface area contributed by atoms with Crippen LogP contribution in [0, 0.1) is 0 Å². The van der Waals surface area contributed by atoms with Gasteiger partial charge in [-0.05, 0) is 28.5 Å². The van der Waals surface area contributed by atoms with Crippen LogP contribution in [0.15, 0.2) is 62.6 Å². The second kappa shape index (κ2) is 2.46. The zero-order valence-corrected chi connectivity index (χ0v) is 10.5. The van der Waals surface area contributed by atoms with Crippen molar-refractivity contribution < 1.29 is 0 Å². The summed E-state index contributed by atoms with van der Waals surface area (Å²) >= 11 is 0. The maximum atomic E-state index is 4.83. The average molecular weight is 223 g/mol. The Morgan fingerprint density at radius 1 is 1.19 bits per heavy atom. The number of allylic oxidation sites excluding steroid dienone is 8. The third-order valence-electron chi connectivity index (χ3n) is 4.03. The Hall–Kier alpha value is -1.41. The van der Waals surface area contributed by atoms with Crippen LogP contribution in [0.25, 0.3) is 0 Å². The summed E-state index contributed by atoms with van der Waals surface area (Å²) in [6.07, 6.45) is 12.1. The molecule has 0 aromatic rings. The molecule has 2 heteroatoms. The van der Waals surface area contributed by atoms with E-state index in [0.29, 0.717) is 0 Å². The molecule has 0 bridgehead atoms. The molecule has 0 aromatic carbocycles. The fourth-order valence-electron chi connectivity index (χ4n) is 3.17. The van der Waals surface area contributed by atoms with Crippen LogP contribution in [0.5, 0.6) is 0 Å². The summed E-state index contributed by atoms with van der Waals surface area (Å²) in [6.45, 7) is 4.89. The predicted molar refractivity (Wildman–Crippen MR) is 69.9 cm³/mol. The van der Waals surface area contributed by atoms with Crippen LogP contribution in [-0.2, 0) is 0 Å². The summed E-state index contributed by atoms with van der Waals surface area (Å²) < 4.78 is 0. The molecule has 0 amide bonds. The lowest BCUT2D eigenvalue weighted by molar-refractivity contribution is 1.35. The first-order chi connectivity index (χ1) is 7.69. The number of hydrogen-bond acceptors (Lipinski definition) is 1. The highest BCUT2D eigenvalue weighted by atomic mass is 28.3. The molecular formula is C14H13NSi. The summed E-state index contributed by atoms with van der Waals surface area (Å²) in [5.74, 6) is 0. The van der Waals surface area contributed by atoms with Gasteiger partial charge in [-0.3, -0.25) is 0 Å². The van der Waals surface area contributed by atoms with Gasteiger partial charge in [0.05, 0.1) is 11.4 Å². The lowest BCUT2D eigenvalue weighted by Crippen LogP contribution is -2.44. The predicted octanol–water partition coefficient (Wildman–Crippen LogP) is 3.25. The summed E-state index contributed by atoms with van der Waals surface area (Å²) in [6, 6.07) is 0. The molecule has 2 aliphatic carbocycles. The minimum absolute atomic E-state index is 1.06. The van der Waals surface area contributed by atoms with Crippen LogP contribution in [0.4, 0.5) is 0 Å². The van der Waals surface area contributed by atoms with Crippen molar-refractivity contribution >= 4 is 13.8 Å². The molecule has 4 aliphatic rings. The topological polar surface area (TPSA) is 12.4 Å². The van der Waals surface area contributed by atoms with Crippen LogP contribution >= 0.6 is 0 Å². The van der Waals surface area contributed by atoms with Gasteiger partial charge < -0.3 is 0 Å². The second-order valence-electron chi connectivity index (χ2n) is 5.29. The molecule has 0 N–H and O–H groups in total. The quantitative estimate of drug-likeness (QED) is 0.605. The molecule has 0 radical (unpaired) electrons. The highest BCUT2D eigenvalue weighted by molar-refractivity contribution is 7.00. The molecule has 0 unspecified atom stereocenters. The number of aliphatic imine (C=N–C) groups is 1. The van der Waals surface area contributed by atoms with E-state index in [2.05, 4.69) is 43.5 Å². The molecule has 4 rings (SSSR count). The summed E-state index contributed by atoms with van der Waals surface area (Å²) in [7, 11) is -1.31. The van der Waals surface area contributed by atoms with Crippen LogP contribution in [0.3, 0.4) is 0 Å². The molecule has 78 valence electrons. The van der Waals surface area contributed by atoms with Crippen molar-refractivity contribution in [3.05, 3.63) is 57.6 Å². The van der Waals surface area contributed by atoms with E-state index in [1.807, 2.05) is 0 Å². The molecule has 0 saturated heterocycles. The molecule has 0 fully saturated rings. The van der Waals surface area contributed by atoms with Gasteiger partial charge >= 0.3 is 0 Å². The van der Waals surface area contributed by atoms with Gasteiger partial charge in [-0.15, -0.1) is 0 Å². The van der Waals surface area contributed by atoms with E-state index in [4.69, 9.17) is 4.99 Å². The van der Waals surface area contributed by atoms with Crippen molar-refractivity contribution in [2.24, 2.45) is 4.99 Å². The largest absolute Gasteiger partial charge is 0.248 e. The van der Waals surface area contributed by atoms with Crippen molar-refractivity contribution in [1.82, 2.24) is 0 Å². The van der Waals surface area contributed by atoms with Gasteiger partial charge in [0.25, 0.3) is 0 Å². The third kappa shape index (κ3) is 0.779. The molecule has 2 heterocycles. The van der Waals surface area contributed by atoms with Crippen LogP contribution in [0.1, 0.15) is 6.42 Å². The molecule has 16 heavy (non-hydrogen) atoms. The molecular weight excluding hydrogens is 210 g/mol. The van der Waals surface area contributed by atoms with Gasteiger partial charge in [0.2, 0.25) is 0 Å². The smallest absolute Gasteiger partial charge is 0.116 e. The lowest BCUT2D eigenvalue weighted by atomic mass is 10.1. The van der Waals surface area contributed by atoms with Gasteiger partial charge in [0, 0.05) is 5.57 Å². The third-order valence-corrected chi connectivity index (χ3v) is 7.53. The monoisotopic (exact) mass is 223 g/mol. The van der Waals surface area contributed by atoms with E-state index in [1.54, 1.807) is 10.4 Å². The molecule has 1 nitrogen and oxygen atoms in total. The van der Waals surface area contributed by atoms with E-state index >= 15 is 0 Å². The summed E-state index contributed by atoms with van der Waals surface area (Å²) in [5.41, 5.74) is 5.43. The SMILES string of the molecule is C[Si]1(C)C2=CC=C3N=C(C4=CC=CC4)C1=C32. The maximum absolute atomic E-state index is 4.83. The van der Waals surface area contributed by atoms with E-state index < -0.39 is 8.07 Å². The van der Waals surface area contributed by atoms with Crippen LogP contribution in [-0.4, -0.2) is 13.8 Å². The Kier molecular flexibility index (Phi) is 1.34.